The van der Waals surface area contributed by atoms with E-state index in [-0.39, 0.29) is 18.4 Å². The normalized spacial score (nSPS) is 24.9. The Morgan fingerprint density at radius 1 is 1.48 bits per heavy atom. The largest absolute Gasteiger partial charge is 0.495 e. The molecule has 1 aromatic heterocycles. The van der Waals surface area contributed by atoms with E-state index >= 15 is 0 Å². The highest BCUT2D eigenvalue weighted by molar-refractivity contribution is 7.12. The van der Waals surface area contributed by atoms with Crippen LogP contribution in [0.15, 0.2) is 11.4 Å². The zero-order valence-electron chi connectivity index (χ0n) is 11.5. The Morgan fingerprint density at radius 3 is 2.95 bits per heavy atom. The first-order chi connectivity index (χ1) is 10.1. The first-order valence-electron chi connectivity index (χ1n) is 6.60. The van der Waals surface area contributed by atoms with E-state index in [9.17, 15) is 14.4 Å². The number of carbonyl (C=O) groups excluding carboxylic acids is 3. The van der Waals surface area contributed by atoms with E-state index in [1.165, 1.54) is 18.4 Å². The van der Waals surface area contributed by atoms with Gasteiger partial charge in [0.2, 0.25) is 0 Å². The molecule has 4 amide bonds. The highest BCUT2D eigenvalue weighted by Gasteiger charge is 2.49. The van der Waals surface area contributed by atoms with E-state index in [4.69, 9.17) is 4.74 Å². The molecule has 2 aliphatic heterocycles. The van der Waals surface area contributed by atoms with Gasteiger partial charge in [0, 0.05) is 6.54 Å². The lowest BCUT2D eigenvalue weighted by molar-refractivity contribution is -0.125. The maximum Gasteiger partial charge on any atom is 0.322 e. The van der Waals surface area contributed by atoms with Crippen molar-refractivity contribution in [3.63, 3.8) is 0 Å². The average Bonchev–Trinajstić information content (AvgIpc) is 3.03. The lowest BCUT2D eigenvalue weighted by Gasteiger charge is -2.37. The number of nitrogens with zero attached hydrogens (tertiary/aromatic N) is 1. The van der Waals surface area contributed by atoms with Crippen molar-refractivity contribution in [2.24, 2.45) is 0 Å². The fourth-order valence-corrected chi connectivity index (χ4v) is 3.63. The van der Waals surface area contributed by atoms with Crippen LogP contribution in [0.25, 0.3) is 0 Å². The molecule has 2 fully saturated rings. The number of nitrogens with one attached hydrogen (secondary N) is 2. The van der Waals surface area contributed by atoms with Gasteiger partial charge in [0.15, 0.2) is 0 Å². The number of ether oxygens (including phenoxy) is 1. The van der Waals surface area contributed by atoms with Crippen molar-refractivity contribution in [1.29, 1.82) is 0 Å². The van der Waals surface area contributed by atoms with Crippen molar-refractivity contribution in [3.8, 4) is 5.75 Å². The monoisotopic (exact) mass is 309 g/mol. The molecule has 1 aromatic rings. The average molecular weight is 309 g/mol. The Hall–Kier alpha value is -2.09. The van der Waals surface area contributed by atoms with Crippen molar-refractivity contribution < 1.29 is 19.1 Å². The zero-order chi connectivity index (χ0) is 15.0. The number of piperidine rings is 1. The number of amides is 4. The van der Waals surface area contributed by atoms with Crippen LogP contribution in [0.4, 0.5) is 4.79 Å². The SMILES string of the molecule is COc1ccsc1C(=O)N1CCCC2(C1)NC(=O)NC2=O. The molecule has 0 aliphatic carbocycles. The molecule has 0 bridgehead atoms. The summed E-state index contributed by atoms with van der Waals surface area (Å²) in [6.07, 6.45) is 1.20. The summed E-state index contributed by atoms with van der Waals surface area (Å²) in [6.45, 7) is 0.745. The van der Waals surface area contributed by atoms with Gasteiger partial charge in [-0.05, 0) is 24.3 Å². The van der Waals surface area contributed by atoms with Crippen molar-refractivity contribution >= 4 is 29.2 Å². The fraction of sp³-hybridized carbons (Fsp3) is 0.462. The Kier molecular flexibility index (Phi) is 3.32. The zero-order valence-corrected chi connectivity index (χ0v) is 12.3. The number of thiophene rings is 1. The van der Waals surface area contributed by atoms with Crippen LogP contribution in [-0.4, -0.2) is 48.5 Å². The summed E-state index contributed by atoms with van der Waals surface area (Å²) in [5, 5.41) is 6.69. The van der Waals surface area contributed by atoms with Crippen molar-refractivity contribution in [2.45, 2.75) is 18.4 Å². The van der Waals surface area contributed by atoms with Crippen LogP contribution in [0.1, 0.15) is 22.5 Å². The third kappa shape index (κ3) is 2.25. The molecule has 0 aromatic carbocycles. The summed E-state index contributed by atoms with van der Waals surface area (Å²) in [7, 11) is 1.52. The van der Waals surface area contributed by atoms with Crippen LogP contribution < -0.4 is 15.4 Å². The predicted molar refractivity (Wildman–Crippen MR) is 75.4 cm³/mol. The molecule has 2 saturated heterocycles. The molecule has 3 heterocycles. The van der Waals surface area contributed by atoms with Crippen LogP contribution in [0.2, 0.25) is 0 Å². The second-order valence-electron chi connectivity index (χ2n) is 5.14. The van der Waals surface area contributed by atoms with Gasteiger partial charge in [0.05, 0.1) is 13.7 Å². The van der Waals surface area contributed by atoms with Gasteiger partial charge in [-0.3, -0.25) is 14.9 Å². The first kappa shape index (κ1) is 13.9. The molecular weight excluding hydrogens is 294 g/mol. The molecule has 8 heteroatoms. The van der Waals surface area contributed by atoms with Crippen molar-refractivity contribution in [2.75, 3.05) is 20.2 Å². The molecule has 21 heavy (non-hydrogen) atoms. The molecule has 7 nitrogen and oxygen atoms in total. The summed E-state index contributed by atoms with van der Waals surface area (Å²) in [5.74, 6) is 0.00236. The third-order valence-corrected chi connectivity index (χ3v) is 4.72. The van der Waals surface area contributed by atoms with Gasteiger partial charge < -0.3 is 15.0 Å². The van der Waals surface area contributed by atoms with E-state index in [0.29, 0.717) is 30.0 Å². The maximum absolute atomic E-state index is 12.6. The van der Waals surface area contributed by atoms with E-state index in [1.54, 1.807) is 16.3 Å². The van der Waals surface area contributed by atoms with Gasteiger partial charge in [-0.15, -0.1) is 11.3 Å². The second-order valence-corrected chi connectivity index (χ2v) is 6.05. The van der Waals surface area contributed by atoms with E-state index in [1.807, 2.05) is 0 Å². The molecule has 0 radical (unpaired) electrons. The number of hydrogen-bond donors (Lipinski definition) is 2. The summed E-state index contributed by atoms with van der Waals surface area (Å²) < 4.78 is 5.17. The summed E-state index contributed by atoms with van der Waals surface area (Å²) in [5.41, 5.74) is -0.991. The van der Waals surface area contributed by atoms with Crippen molar-refractivity contribution in [1.82, 2.24) is 15.5 Å². The summed E-state index contributed by atoms with van der Waals surface area (Å²) in [4.78, 5) is 38.0. The molecule has 1 atom stereocenters. The molecule has 1 unspecified atom stereocenters. The highest BCUT2D eigenvalue weighted by Crippen LogP contribution is 2.30. The first-order valence-corrected chi connectivity index (χ1v) is 7.48. The quantitative estimate of drug-likeness (QED) is 0.782. The third-order valence-electron chi connectivity index (χ3n) is 3.84. The second kappa shape index (κ2) is 5.03. The number of imide groups is 1. The van der Waals surface area contributed by atoms with Crippen LogP contribution in [0.5, 0.6) is 5.75 Å². The maximum atomic E-state index is 12.6. The van der Waals surface area contributed by atoms with E-state index < -0.39 is 11.6 Å². The van der Waals surface area contributed by atoms with Gasteiger partial charge in [-0.25, -0.2) is 4.79 Å². The number of urea groups is 1. The van der Waals surface area contributed by atoms with Crippen LogP contribution >= 0.6 is 11.3 Å². The molecule has 112 valence electrons. The summed E-state index contributed by atoms with van der Waals surface area (Å²) >= 11 is 1.30. The molecular formula is C13H15N3O4S. The standard InChI is InChI=1S/C13H15N3O4S/c1-20-8-3-6-21-9(8)10(17)16-5-2-4-13(7-16)11(18)14-12(19)15-13/h3,6H,2,4-5,7H2,1H3,(H2,14,15,18,19). The van der Waals surface area contributed by atoms with Gasteiger partial charge in [-0.2, -0.15) is 0 Å². The van der Waals surface area contributed by atoms with Gasteiger partial charge in [0.1, 0.15) is 16.2 Å². The summed E-state index contributed by atoms with van der Waals surface area (Å²) in [6, 6.07) is 1.24. The van der Waals surface area contributed by atoms with E-state index in [2.05, 4.69) is 10.6 Å². The molecule has 2 N–H and O–H groups in total. The highest BCUT2D eigenvalue weighted by atomic mass is 32.1. The van der Waals surface area contributed by atoms with Crippen LogP contribution in [0, 0.1) is 0 Å². The lowest BCUT2D eigenvalue weighted by atomic mass is 9.89. The Balaban J connectivity index is 1.82. The Bertz CT molecular complexity index is 614. The molecule has 2 aliphatic rings. The number of carbonyl (C=O) groups is 3. The van der Waals surface area contributed by atoms with Crippen LogP contribution in [-0.2, 0) is 4.79 Å². The van der Waals surface area contributed by atoms with Crippen molar-refractivity contribution in [3.05, 3.63) is 16.3 Å². The minimum atomic E-state index is -0.991. The fourth-order valence-electron chi connectivity index (χ4n) is 2.80. The molecule has 0 saturated carbocycles. The number of rotatable bonds is 2. The minimum Gasteiger partial charge on any atom is -0.495 e. The molecule has 1 spiro atoms. The Labute approximate surface area is 125 Å². The van der Waals surface area contributed by atoms with Gasteiger partial charge >= 0.3 is 6.03 Å². The number of hydrogen-bond acceptors (Lipinski definition) is 5. The smallest absolute Gasteiger partial charge is 0.322 e. The number of methoxy groups -OCH3 is 1. The minimum absolute atomic E-state index is 0.171. The van der Waals surface area contributed by atoms with Gasteiger partial charge in [0.25, 0.3) is 11.8 Å². The number of likely N-dealkylation sites (tertiary alicyclic amines) is 1. The van der Waals surface area contributed by atoms with Crippen LogP contribution in [0.3, 0.4) is 0 Å². The molecule has 3 rings (SSSR count). The predicted octanol–water partition coefficient (Wildman–Crippen LogP) is 0.571. The Morgan fingerprint density at radius 2 is 2.29 bits per heavy atom. The van der Waals surface area contributed by atoms with E-state index in [0.717, 1.165) is 0 Å². The van der Waals surface area contributed by atoms with Gasteiger partial charge in [-0.1, -0.05) is 0 Å². The topological polar surface area (TPSA) is 87.7 Å². The lowest BCUT2D eigenvalue weighted by Crippen LogP contribution is -2.59.